The second kappa shape index (κ2) is 7.27. The summed E-state index contributed by atoms with van der Waals surface area (Å²) in [7, 11) is -2.22. The Morgan fingerprint density at radius 1 is 1.25 bits per heavy atom. The van der Waals surface area contributed by atoms with Crippen LogP contribution in [-0.4, -0.2) is 42.3 Å². The standard InChI is InChI=1S/C15H23N5O3S/c1-10(2)20-15(17-18-19-20)6-7-16-24(21,22)14-9-12(4)11(3)8-13(14)23-5/h8-10,16H,6-7H2,1-5H3. The molecule has 8 nitrogen and oxygen atoms in total. The average molecular weight is 353 g/mol. The molecule has 1 aromatic carbocycles. The number of rotatable bonds is 7. The summed E-state index contributed by atoms with van der Waals surface area (Å²) in [5.41, 5.74) is 1.86. The molecule has 0 fully saturated rings. The number of aryl methyl sites for hydroxylation is 2. The lowest BCUT2D eigenvalue weighted by Gasteiger charge is -2.13. The topological polar surface area (TPSA) is 99.0 Å². The fourth-order valence-electron chi connectivity index (χ4n) is 2.29. The zero-order valence-electron chi connectivity index (χ0n) is 14.6. The van der Waals surface area contributed by atoms with Crippen molar-refractivity contribution < 1.29 is 13.2 Å². The van der Waals surface area contributed by atoms with Crippen molar-refractivity contribution in [2.24, 2.45) is 0 Å². The van der Waals surface area contributed by atoms with Crippen molar-refractivity contribution >= 4 is 10.0 Å². The van der Waals surface area contributed by atoms with Gasteiger partial charge in [0.15, 0.2) is 5.82 Å². The minimum absolute atomic E-state index is 0.117. The second-order valence-electron chi connectivity index (χ2n) is 5.87. The van der Waals surface area contributed by atoms with Gasteiger partial charge in [-0.1, -0.05) is 0 Å². The molecule has 24 heavy (non-hydrogen) atoms. The summed E-state index contributed by atoms with van der Waals surface area (Å²) >= 11 is 0. The number of aromatic nitrogens is 4. The van der Waals surface area contributed by atoms with Crippen LogP contribution >= 0.6 is 0 Å². The Kier molecular flexibility index (Phi) is 5.55. The van der Waals surface area contributed by atoms with E-state index in [2.05, 4.69) is 20.2 Å². The zero-order chi connectivity index (χ0) is 17.9. The molecule has 0 amide bonds. The van der Waals surface area contributed by atoms with Gasteiger partial charge >= 0.3 is 0 Å². The van der Waals surface area contributed by atoms with Crippen molar-refractivity contribution in [2.75, 3.05) is 13.7 Å². The molecule has 1 aromatic heterocycles. The molecule has 0 spiro atoms. The minimum Gasteiger partial charge on any atom is -0.495 e. The monoisotopic (exact) mass is 353 g/mol. The van der Waals surface area contributed by atoms with Crippen LogP contribution in [0.15, 0.2) is 17.0 Å². The molecule has 0 radical (unpaired) electrons. The predicted molar refractivity (Wildman–Crippen MR) is 89.6 cm³/mol. The van der Waals surface area contributed by atoms with Gasteiger partial charge in [-0.25, -0.2) is 17.8 Å². The van der Waals surface area contributed by atoms with Gasteiger partial charge in [0.25, 0.3) is 0 Å². The van der Waals surface area contributed by atoms with Gasteiger partial charge < -0.3 is 4.74 Å². The SMILES string of the molecule is COc1cc(C)c(C)cc1S(=O)(=O)NCCc1nnnn1C(C)C. The lowest BCUT2D eigenvalue weighted by molar-refractivity contribution is 0.401. The quantitative estimate of drug-likeness (QED) is 0.808. The van der Waals surface area contributed by atoms with Crippen LogP contribution in [0, 0.1) is 13.8 Å². The number of methoxy groups -OCH3 is 1. The van der Waals surface area contributed by atoms with E-state index in [1.54, 1.807) is 16.8 Å². The highest BCUT2D eigenvalue weighted by atomic mass is 32.2. The molecule has 0 atom stereocenters. The summed E-state index contributed by atoms with van der Waals surface area (Å²) in [5, 5.41) is 11.5. The summed E-state index contributed by atoms with van der Waals surface area (Å²) in [5.74, 6) is 0.970. The van der Waals surface area contributed by atoms with Crippen LogP contribution in [0.25, 0.3) is 0 Å². The summed E-state index contributed by atoms with van der Waals surface area (Å²) in [6, 6.07) is 3.46. The molecule has 0 aliphatic rings. The van der Waals surface area contributed by atoms with Gasteiger partial charge in [0.1, 0.15) is 10.6 Å². The van der Waals surface area contributed by atoms with E-state index >= 15 is 0 Å². The summed E-state index contributed by atoms with van der Waals surface area (Å²) in [6.45, 7) is 7.90. The van der Waals surface area contributed by atoms with Crippen molar-refractivity contribution in [2.45, 2.75) is 45.1 Å². The third kappa shape index (κ3) is 3.90. The lowest BCUT2D eigenvalue weighted by atomic mass is 10.1. The van der Waals surface area contributed by atoms with Crippen LogP contribution in [0.5, 0.6) is 5.75 Å². The van der Waals surface area contributed by atoms with E-state index in [1.807, 2.05) is 27.7 Å². The lowest BCUT2D eigenvalue weighted by Crippen LogP contribution is -2.27. The number of benzene rings is 1. The first-order valence-corrected chi connectivity index (χ1v) is 9.16. The normalized spacial score (nSPS) is 11.9. The van der Waals surface area contributed by atoms with E-state index in [-0.39, 0.29) is 17.5 Å². The Balaban J connectivity index is 2.15. The highest BCUT2D eigenvalue weighted by molar-refractivity contribution is 7.89. The first-order valence-electron chi connectivity index (χ1n) is 7.68. The summed E-state index contributed by atoms with van der Waals surface area (Å²) < 4.78 is 34.6. The van der Waals surface area contributed by atoms with E-state index in [0.29, 0.717) is 18.0 Å². The van der Waals surface area contributed by atoms with Gasteiger partial charge in [-0.05, 0) is 61.4 Å². The number of nitrogens with one attached hydrogen (secondary N) is 1. The smallest absolute Gasteiger partial charge is 0.244 e. The molecular formula is C15H23N5O3S. The van der Waals surface area contributed by atoms with E-state index in [1.165, 1.54) is 7.11 Å². The molecule has 2 aromatic rings. The number of tetrazole rings is 1. The number of nitrogens with zero attached hydrogens (tertiary/aromatic N) is 4. The van der Waals surface area contributed by atoms with Crippen LogP contribution in [0.2, 0.25) is 0 Å². The molecule has 0 aliphatic carbocycles. The zero-order valence-corrected chi connectivity index (χ0v) is 15.4. The van der Waals surface area contributed by atoms with Gasteiger partial charge in [0.05, 0.1) is 13.2 Å². The van der Waals surface area contributed by atoms with Crippen molar-refractivity contribution in [3.05, 3.63) is 29.1 Å². The largest absolute Gasteiger partial charge is 0.495 e. The fourth-order valence-corrected chi connectivity index (χ4v) is 3.55. The second-order valence-corrected chi connectivity index (χ2v) is 7.60. The Bertz CT molecular complexity index is 815. The van der Waals surface area contributed by atoms with Crippen molar-refractivity contribution in [1.82, 2.24) is 24.9 Å². The fraction of sp³-hybridized carbons (Fsp3) is 0.533. The molecule has 0 saturated heterocycles. The third-order valence-electron chi connectivity index (χ3n) is 3.76. The molecule has 1 N–H and O–H groups in total. The first-order chi connectivity index (χ1) is 11.3. The maximum Gasteiger partial charge on any atom is 0.244 e. The molecule has 9 heteroatoms. The highest BCUT2D eigenvalue weighted by Gasteiger charge is 2.21. The molecule has 0 saturated carbocycles. The Hall–Kier alpha value is -2.00. The van der Waals surface area contributed by atoms with Crippen molar-refractivity contribution in [3.63, 3.8) is 0 Å². The number of sulfonamides is 1. The van der Waals surface area contributed by atoms with Crippen LogP contribution < -0.4 is 9.46 Å². The van der Waals surface area contributed by atoms with Crippen LogP contribution in [0.1, 0.15) is 36.8 Å². The number of hydrogen-bond acceptors (Lipinski definition) is 6. The van der Waals surface area contributed by atoms with Gasteiger partial charge in [-0.3, -0.25) is 0 Å². The van der Waals surface area contributed by atoms with Crippen molar-refractivity contribution in [1.29, 1.82) is 0 Å². The Morgan fingerprint density at radius 2 is 1.92 bits per heavy atom. The molecule has 1 heterocycles. The van der Waals surface area contributed by atoms with Gasteiger partial charge in [0, 0.05) is 13.0 Å². The Morgan fingerprint density at radius 3 is 2.54 bits per heavy atom. The van der Waals surface area contributed by atoms with Crippen LogP contribution in [-0.2, 0) is 16.4 Å². The van der Waals surface area contributed by atoms with Gasteiger partial charge in [-0.2, -0.15) is 0 Å². The third-order valence-corrected chi connectivity index (χ3v) is 5.24. The predicted octanol–water partition coefficient (Wildman–Crippen LogP) is 1.40. The maximum atomic E-state index is 12.6. The molecule has 132 valence electrons. The molecule has 0 aliphatic heterocycles. The maximum absolute atomic E-state index is 12.6. The minimum atomic E-state index is -3.68. The summed E-state index contributed by atoms with van der Waals surface area (Å²) in [6.07, 6.45) is 0.400. The van der Waals surface area contributed by atoms with Crippen LogP contribution in [0.3, 0.4) is 0 Å². The van der Waals surface area contributed by atoms with E-state index in [0.717, 1.165) is 11.1 Å². The van der Waals surface area contributed by atoms with E-state index in [9.17, 15) is 8.42 Å². The summed E-state index contributed by atoms with van der Waals surface area (Å²) in [4.78, 5) is 0.136. The van der Waals surface area contributed by atoms with Gasteiger partial charge in [-0.15, -0.1) is 5.10 Å². The molecule has 2 rings (SSSR count). The average Bonchev–Trinajstić information content (AvgIpc) is 2.98. The van der Waals surface area contributed by atoms with Gasteiger partial charge in [0.2, 0.25) is 10.0 Å². The van der Waals surface area contributed by atoms with E-state index in [4.69, 9.17) is 4.74 Å². The molecule has 0 bridgehead atoms. The van der Waals surface area contributed by atoms with Crippen LogP contribution in [0.4, 0.5) is 0 Å². The Labute approximate surface area is 142 Å². The number of ether oxygens (including phenoxy) is 1. The van der Waals surface area contributed by atoms with Crippen molar-refractivity contribution in [3.8, 4) is 5.75 Å². The first kappa shape index (κ1) is 18.3. The van der Waals surface area contributed by atoms with E-state index < -0.39 is 10.0 Å². The molecular weight excluding hydrogens is 330 g/mol. The highest BCUT2D eigenvalue weighted by Crippen LogP contribution is 2.27. The number of hydrogen-bond donors (Lipinski definition) is 1. The molecule has 0 unspecified atom stereocenters.